The highest BCUT2D eigenvalue weighted by Gasteiger charge is 2.38. The molecule has 0 unspecified atom stereocenters. The van der Waals surface area contributed by atoms with Gasteiger partial charge in [0.05, 0.1) is 27.1 Å². The van der Waals surface area contributed by atoms with Gasteiger partial charge in [-0.15, -0.1) is 0 Å². The molecule has 0 bridgehead atoms. The zero-order valence-corrected chi connectivity index (χ0v) is 19.1. The summed E-state index contributed by atoms with van der Waals surface area (Å²) in [6.07, 6.45) is 4.95. The lowest BCUT2D eigenvalue weighted by molar-refractivity contribution is -0.384. The van der Waals surface area contributed by atoms with Gasteiger partial charge in [-0.1, -0.05) is 30.4 Å². The zero-order chi connectivity index (χ0) is 24.7. The molecule has 3 N–H and O–H groups in total. The number of allylic oxidation sites excluding steroid dienone is 2. The first-order valence-electron chi connectivity index (χ1n) is 10.9. The molecule has 3 aromatic carbocycles. The van der Waals surface area contributed by atoms with Crippen molar-refractivity contribution in [3.8, 4) is 0 Å². The van der Waals surface area contributed by atoms with Crippen molar-refractivity contribution in [2.75, 3.05) is 10.0 Å². The Morgan fingerprint density at radius 3 is 2.57 bits per heavy atom. The third-order valence-corrected chi connectivity index (χ3v) is 7.85. The van der Waals surface area contributed by atoms with Gasteiger partial charge in [0.15, 0.2) is 0 Å². The Balaban J connectivity index is 1.45. The Morgan fingerprint density at radius 1 is 1.09 bits per heavy atom. The number of nitro groups is 1. The summed E-state index contributed by atoms with van der Waals surface area (Å²) in [6.45, 7) is 0. The molecule has 0 saturated heterocycles. The highest BCUT2D eigenvalue weighted by atomic mass is 32.2. The quantitative estimate of drug-likeness (QED) is 0.253. The summed E-state index contributed by atoms with van der Waals surface area (Å²) in [5.41, 5.74) is 2.74. The van der Waals surface area contributed by atoms with Gasteiger partial charge >= 0.3 is 5.97 Å². The molecular formula is C25H21N3O6S. The average Bonchev–Trinajstić information content (AvgIpc) is 3.33. The summed E-state index contributed by atoms with van der Waals surface area (Å²) >= 11 is 0. The van der Waals surface area contributed by atoms with Gasteiger partial charge in [0.1, 0.15) is 0 Å². The first kappa shape index (κ1) is 22.6. The summed E-state index contributed by atoms with van der Waals surface area (Å²) < 4.78 is 28.6. The Hall–Kier alpha value is -4.18. The maximum atomic E-state index is 13.1. The van der Waals surface area contributed by atoms with Crippen LogP contribution in [0.3, 0.4) is 0 Å². The highest BCUT2D eigenvalue weighted by Crippen LogP contribution is 2.50. The second-order valence-electron chi connectivity index (χ2n) is 8.56. The van der Waals surface area contributed by atoms with E-state index >= 15 is 0 Å². The summed E-state index contributed by atoms with van der Waals surface area (Å²) in [4.78, 5) is 21.7. The molecule has 0 spiro atoms. The van der Waals surface area contributed by atoms with E-state index < -0.39 is 20.9 Å². The predicted octanol–water partition coefficient (Wildman–Crippen LogP) is 4.92. The largest absolute Gasteiger partial charge is 0.478 e. The van der Waals surface area contributed by atoms with Crippen LogP contribution in [0.15, 0.2) is 83.8 Å². The Morgan fingerprint density at radius 2 is 1.86 bits per heavy atom. The average molecular weight is 492 g/mol. The van der Waals surface area contributed by atoms with Crippen LogP contribution in [0.1, 0.15) is 39.9 Å². The van der Waals surface area contributed by atoms with Gasteiger partial charge in [-0.2, -0.15) is 0 Å². The van der Waals surface area contributed by atoms with Crippen molar-refractivity contribution in [3.63, 3.8) is 0 Å². The second-order valence-corrected chi connectivity index (χ2v) is 10.2. The molecule has 3 aromatic rings. The third kappa shape index (κ3) is 4.24. The van der Waals surface area contributed by atoms with Crippen molar-refractivity contribution < 1.29 is 23.2 Å². The number of hydrogen-bond acceptors (Lipinski definition) is 6. The number of nitrogens with zero attached hydrogens (tertiary/aromatic N) is 1. The van der Waals surface area contributed by atoms with Gasteiger partial charge in [0.25, 0.3) is 15.7 Å². The van der Waals surface area contributed by atoms with Crippen molar-refractivity contribution in [2.24, 2.45) is 5.92 Å². The van der Waals surface area contributed by atoms with Crippen LogP contribution >= 0.6 is 0 Å². The van der Waals surface area contributed by atoms with Gasteiger partial charge in [0, 0.05) is 23.7 Å². The van der Waals surface area contributed by atoms with Gasteiger partial charge in [-0.3, -0.25) is 14.8 Å². The van der Waals surface area contributed by atoms with E-state index in [-0.39, 0.29) is 39.7 Å². The van der Waals surface area contributed by atoms with Crippen molar-refractivity contribution in [2.45, 2.75) is 23.3 Å². The third-order valence-electron chi connectivity index (χ3n) is 6.47. The lowest BCUT2D eigenvalue weighted by Crippen LogP contribution is -2.29. The molecule has 0 fully saturated rings. The molecule has 9 nitrogen and oxygen atoms in total. The van der Waals surface area contributed by atoms with E-state index in [1.165, 1.54) is 30.3 Å². The summed E-state index contributed by atoms with van der Waals surface area (Å²) in [7, 11) is -3.98. The Kier molecular flexibility index (Phi) is 5.52. The fraction of sp³-hybridized carbons (Fsp3) is 0.160. The number of carboxylic acid groups (broad SMARTS) is 1. The number of aromatic carboxylic acids is 1. The SMILES string of the molecule is O=C(O)c1ccc([C@H]2Nc3ccc(S(=O)(=O)Nc4cccc([N+](=O)[O-])c4)cc3[C@H]3C=CC[C@H]32)cc1. The van der Waals surface area contributed by atoms with Crippen LogP contribution in [0.2, 0.25) is 0 Å². The standard InChI is InChI=1S/C25H21N3O6S/c29-25(30)16-9-7-15(8-10-16)24-21-6-2-5-20(21)22-14-19(11-12-23(22)26-24)35(33,34)27-17-3-1-4-18(13-17)28(31)32/h1-5,7-14,20-21,24,26-27H,6H2,(H,29,30)/t20-,21+,24+/m0/s1. The van der Waals surface area contributed by atoms with Crippen molar-refractivity contribution in [1.82, 2.24) is 0 Å². The van der Waals surface area contributed by atoms with Gasteiger partial charge in [-0.25, -0.2) is 13.2 Å². The molecule has 2 aliphatic rings. The van der Waals surface area contributed by atoms with Crippen LogP contribution in [-0.2, 0) is 10.0 Å². The number of rotatable bonds is 6. The molecule has 0 aromatic heterocycles. The van der Waals surface area contributed by atoms with E-state index in [0.717, 1.165) is 23.2 Å². The van der Waals surface area contributed by atoms with Crippen LogP contribution in [0.4, 0.5) is 17.1 Å². The van der Waals surface area contributed by atoms with Crippen molar-refractivity contribution in [1.29, 1.82) is 0 Å². The molecule has 10 heteroatoms. The minimum atomic E-state index is -3.98. The minimum absolute atomic E-state index is 0.0108. The number of benzene rings is 3. The molecule has 1 heterocycles. The van der Waals surface area contributed by atoms with E-state index in [4.69, 9.17) is 0 Å². The lowest BCUT2D eigenvalue weighted by Gasteiger charge is -2.37. The molecule has 1 aliphatic carbocycles. The molecule has 0 saturated carbocycles. The summed E-state index contributed by atoms with van der Waals surface area (Å²) in [6, 6.07) is 16.9. The number of nitrogens with one attached hydrogen (secondary N) is 2. The van der Waals surface area contributed by atoms with Gasteiger partial charge in [-0.05, 0) is 59.9 Å². The maximum Gasteiger partial charge on any atom is 0.335 e. The van der Waals surface area contributed by atoms with Crippen LogP contribution in [0.25, 0.3) is 0 Å². The summed E-state index contributed by atoms with van der Waals surface area (Å²) in [5, 5.41) is 23.7. The molecule has 3 atom stereocenters. The Bertz CT molecular complexity index is 1470. The number of carboxylic acids is 1. The number of sulfonamides is 1. The molecule has 0 amide bonds. The van der Waals surface area contributed by atoms with Crippen LogP contribution in [-0.4, -0.2) is 24.4 Å². The summed E-state index contributed by atoms with van der Waals surface area (Å²) in [5.74, 6) is -0.851. The molecule has 0 radical (unpaired) electrons. The first-order chi connectivity index (χ1) is 16.7. The molecule has 5 rings (SSSR count). The first-order valence-corrected chi connectivity index (χ1v) is 12.4. The van der Waals surface area contributed by atoms with E-state index in [1.807, 2.05) is 12.1 Å². The van der Waals surface area contributed by atoms with E-state index in [1.54, 1.807) is 24.3 Å². The second kappa shape index (κ2) is 8.55. The molecule has 178 valence electrons. The van der Waals surface area contributed by atoms with Crippen LogP contribution in [0, 0.1) is 16.0 Å². The topological polar surface area (TPSA) is 139 Å². The van der Waals surface area contributed by atoms with E-state index in [9.17, 15) is 28.4 Å². The Labute approximate surface area is 201 Å². The lowest BCUT2D eigenvalue weighted by atomic mass is 9.77. The molecular weight excluding hydrogens is 470 g/mol. The fourth-order valence-corrected chi connectivity index (χ4v) is 5.88. The molecule has 1 aliphatic heterocycles. The van der Waals surface area contributed by atoms with E-state index in [0.29, 0.717) is 0 Å². The van der Waals surface area contributed by atoms with Gasteiger partial charge in [0.2, 0.25) is 0 Å². The van der Waals surface area contributed by atoms with Crippen LogP contribution < -0.4 is 10.0 Å². The number of fused-ring (bicyclic) bond motifs is 3. The molecule has 35 heavy (non-hydrogen) atoms. The highest BCUT2D eigenvalue weighted by molar-refractivity contribution is 7.92. The van der Waals surface area contributed by atoms with Crippen molar-refractivity contribution in [3.05, 3.63) is 106 Å². The fourth-order valence-electron chi connectivity index (χ4n) is 4.80. The minimum Gasteiger partial charge on any atom is -0.478 e. The predicted molar refractivity (Wildman–Crippen MR) is 130 cm³/mol. The number of carbonyl (C=O) groups is 1. The number of anilines is 2. The van der Waals surface area contributed by atoms with E-state index in [2.05, 4.69) is 22.2 Å². The zero-order valence-electron chi connectivity index (χ0n) is 18.3. The normalized spacial score (nSPS) is 20.4. The van der Waals surface area contributed by atoms with Crippen LogP contribution in [0.5, 0.6) is 0 Å². The number of non-ortho nitro benzene ring substituents is 1. The van der Waals surface area contributed by atoms with Crippen molar-refractivity contribution >= 4 is 33.1 Å². The number of hydrogen-bond donors (Lipinski definition) is 3. The van der Waals surface area contributed by atoms with Gasteiger partial charge < -0.3 is 10.4 Å². The maximum absolute atomic E-state index is 13.1. The number of nitro benzene ring substituents is 1. The smallest absolute Gasteiger partial charge is 0.335 e. The monoisotopic (exact) mass is 491 g/mol.